The van der Waals surface area contributed by atoms with E-state index in [4.69, 9.17) is 9.47 Å². The normalized spacial score (nSPS) is 15.7. The van der Waals surface area contributed by atoms with E-state index in [0.29, 0.717) is 37.6 Å². The zero-order valence-electron chi connectivity index (χ0n) is 13.8. The van der Waals surface area contributed by atoms with Gasteiger partial charge in [-0.15, -0.1) is 0 Å². The summed E-state index contributed by atoms with van der Waals surface area (Å²) in [6.07, 6.45) is 1.45. The summed E-state index contributed by atoms with van der Waals surface area (Å²) in [5, 5.41) is 0.972. The van der Waals surface area contributed by atoms with E-state index in [0.717, 1.165) is 5.41 Å². The molecular formula is C16H22N2O5S. The molecular weight excluding hydrogens is 332 g/mol. The fourth-order valence-electron chi connectivity index (χ4n) is 2.12. The molecule has 0 bridgehead atoms. The van der Waals surface area contributed by atoms with Gasteiger partial charge in [0.1, 0.15) is 5.75 Å². The number of carbonyl (C=O) groups is 1. The molecule has 0 atom stereocenters. The Morgan fingerprint density at radius 2 is 2.04 bits per heavy atom. The lowest BCUT2D eigenvalue weighted by molar-refractivity contribution is 0.0545. The standard InChI is InChI=1S/C16H22N2O5S/c1-13(2)23-15-5-3-4-14(12-15)6-11-24(20,21)17-16(19)18-7-9-22-10-8-18/h3-6,11-13H,7-10H2,1-2H3,(H,17,19). The van der Waals surface area contributed by atoms with E-state index in [1.807, 2.05) is 18.6 Å². The summed E-state index contributed by atoms with van der Waals surface area (Å²) in [6, 6.07) is 6.42. The number of urea groups is 1. The number of hydrogen-bond acceptors (Lipinski definition) is 5. The average molecular weight is 354 g/mol. The second-order valence-electron chi connectivity index (χ2n) is 5.59. The number of benzene rings is 1. The Balaban J connectivity index is 2.00. The Morgan fingerprint density at radius 1 is 1.33 bits per heavy atom. The number of nitrogens with one attached hydrogen (secondary N) is 1. The third-order valence-electron chi connectivity index (χ3n) is 3.20. The van der Waals surface area contributed by atoms with Crippen molar-refractivity contribution < 1.29 is 22.7 Å². The predicted molar refractivity (Wildman–Crippen MR) is 91.1 cm³/mol. The van der Waals surface area contributed by atoms with Crippen LogP contribution in [0, 0.1) is 0 Å². The highest BCUT2D eigenvalue weighted by atomic mass is 32.2. The highest BCUT2D eigenvalue weighted by Gasteiger charge is 2.20. The maximum absolute atomic E-state index is 12.0. The topological polar surface area (TPSA) is 84.9 Å². The van der Waals surface area contributed by atoms with Crippen LogP contribution in [0.25, 0.3) is 6.08 Å². The molecule has 2 amide bonds. The van der Waals surface area contributed by atoms with Gasteiger partial charge in [-0.05, 0) is 37.6 Å². The number of nitrogens with zero attached hydrogens (tertiary/aromatic N) is 1. The second kappa shape index (κ2) is 8.16. The maximum atomic E-state index is 12.0. The molecule has 0 spiro atoms. The van der Waals surface area contributed by atoms with E-state index in [2.05, 4.69) is 0 Å². The molecule has 1 saturated heterocycles. The summed E-state index contributed by atoms with van der Waals surface area (Å²) in [5.74, 6) is 0.655. The quantitative estimate of drug-likeness (QED) is 0.872. The van der Waals surface area contributed by atoms with Crippen LogP contribution >= 0.6 is 0 Å². The molecule has 1 heterocycles. The lowest BCUT2D eigenvalue weighted by Crippen LogP contribution is -2.47. The van der Waals surface area contributed by atoms with E-state index in [-0.39, 0.29) is 6.10 Å². The van der Waals surface area contributed by atoms with Crippen molar-refractivity contribution in [3.63, 3.8) is 0 Å². The molecule has 7 nitrogen and oxygen atoms in total. The molecule has 1 aromatic rings. The fourth-order valence-corrected chi connectivity index (χ4v) is 2.90. The van der Waals surface area contributed by atoms with Crippen molar-refractivity contribution in [2.45, 2.75) is 20.0 Å². The Hall–Kier alpha value is -2.06. The highest BCUT2D eigenvalue weighted by molar-refractivity contribution is 7.93. The molecule has 0 radical (unpaired) electrons. The van der Waals surface area contributed by atoms with Crippen molar-refractivity contribution in [3.8, 4) is 5.75 Å². The molecule has 132 valence electrons. The Kier molecular flexibility index (Phi) is 6.22. The number of morpholine rings is 1. The van der Waals surface area contributed by atoms with Gasteiger partial charge in [-0.1, -0.05) is 12.1 Å². The van der Waals surface area contributed by atoms with Gasteiger partial charge in [-0.25, -0.2) is 17.9 Å². The van der Waals surface area contributed by atoms with Gasteiger partial charge in [-0.2, -0.15) is 0 Å². The minimum absolute atomic E-state index is 0.0285. The summed E-state index contributed by atoms with van der Waals surface area (Å²) >= 11 is 0. The summed E-state index contributed by atoms with van der Waals surface area (Å²) in [5.41, 5.74) is 0.664. The second-order valence-corrected chi connectivity index (χ2v) is 7.16. The minimum atomic E-state index is -3.87. The molecule has 1 aliphatic rings. The van der Waals surface area contributed by atoms with Crippen LogP contribution in [0.1, 0.15) is 19.4 Å². The van der Waals surface area contributed by atoms with Crippen LogP contribution in [0.2, 0.25) is 0 Å². The summed E-state index contributed by atoms with van der Waals surface area (Å²) in [6.45, 7) is 5.39. The molecule has 0 aromatic heterocycles. The van der Waals surface area contributed by atoms with Gasteiger partial charge >= 0.3 is 6.03 Å². The lowest BCUT2D eigenvalue weighted by atomic mass is 10.2. The van der Waals surface area contributed by atoms with E-state index in [9.17, 15) is 13.2 Å². The highest BCUT2D eigenvalue weighted by Crippen LogP contribution is 2.16. The third kappa shape index (κ3) is 5.86. The third-order valence-corrected chi connectivity index (χ3v) is 4.15. The van der Waals surface area contributed by atoms with Crippen LogP contribution in [0.4, 0.5) is 4.79 Å². The smallest absolute Gasteiger partial charge is 0.331 e. The minimum Gasteiger partial charge on any atom is -0.491 e. The molecule has 8 heteroatoms. The van der Waals surface area contributed by atoms with Crippen LogP contribution in [0.5, 0.6) is 5.75 Å². The number of carbonyl (C=O) groups excluding carboxylic acids is 1. The van der Waals surface area contributed by atoms with Crippen LogP contribution in [0.15, 0.2) is 29.7 Å². The van der Waals surface area contributed by atoms with Gasteiger partial charge in [-0.3, -0.25) is 0 Å². The van der Waals surface area contributed by atoms with Crippen LogP contribution < -0.4 is 9.46 Å². The number of sulfonamides is 1. The number of rotatable bonds is 5. The van der Waals surface area contributed by atoms with Crippen molar-refractivity contribution in [1.82, 2.24) is 9.62 Å². The van der Waals surface area contributed by atoms with Crippen LogP contribution in [-0.4, -0.2) is 51.8 Å². The van der Waals surface area contributed by atoms with Crippen molar-refractivity contribution in [2.75, 3.05) is 26.3 Å². The lowest BCUT2D eigenvalue weighted by Gasteiger charge is -2.26. The Morgan fingerprint density at radius 3 is 2.71 bits per heavy atom. The number of ether oxygens (including phenoxy) is 2. The average Bonchev–Trinajstić information content (AvgIpc) is 2.53. The zero-order chi connectivity index (χ0) is 17.6. The molecule has 1 fully saturated rings. The monoisotopic (exact) mass is 354 g/mol. The molecule has 1 aliphatic heterocycles. The molecule has 1 aromatic carbocycles. The van der Waals surface area contributed by atoms with Gasteiger partial charge in [0, 0.05) is 13.1 Å². The molecule has 1 N–H and O–H groups in total. The largest absolute Gasteiger partial charge is 0.491 e. The summed E-state index contributed by atoms with van der Waals surface area (Å²) in [7, 11) is -3.87. The van der Waals surface area contributed by atoms with Crippen molar-refractivity contribution >= 4 is 22.1 Å². The SMILES string of the molecule is CC(C)Oc1cccc(C=CS(=O)(=O)NC(=O)N2CCOCC2)c1. The van der Waals surface area contributed by atoms with Gasteiger partial charge in [0.15, 0.2) is 0 Å². The summed E-state index contributed by atoms with van der Waals surface area (Å²) in [4.78, 5) is 13.3. The predicted octanol–water partition coefficient (Wildman–Crippen LogP) is 1.82. The molecule has 0 saturated carbocycles. The van der Waals surface area contributed by atoms with E-state index < -0.39 is 16.1 Å². The van der Waals surface area contributed by atoms with Crippen LogP contribution in [0.3, 0.4) is 0 Å². The first-order valence-electron chi connectivity index (χ1n) is 7.70. The first-order valence-corrected chi connectivity index (χ1v) is 9.24. The fraction of sp³-hybridized carbons (Fsp3) is 0.438. The van der Waals surface area contributed by atoms with Gasteiger partial charge in [0.25, 0.3) is 10.0 Å². The van der Waals surface area contributed by atoms with Crippen LogP contribution in [-0.2, 0) is 14.8 Å². The molecule has 2 rings (SSSR count). The van der Waals surface area contributed by atoms with Gasteiger partial charge in [0.05, 0.1) is 24.7 Å². The molecule has 0 aliphatic carbocycles. The first kappa shape index (κ1) is 18.3. The van der Waals surface area contributed by atoms with Crippen molar-refractivity contribution in [2.24, 2.45) is 0 Å². The first-order chi connectivity index (χ1) is 11.4. The van der Waals surface area contributed by atoms with Gasteiger partial charge in [0.2, 0.25) is 0 Å². The maximum Gasteiger partial charge on any atom is 0.331 e. The Labute approximate surface area is 142 Å². The zero-order valence-corrected chi connectivity index (χ0v) is 14.6. The Bertz CT molecular complexity index is 694. The van der Waals surface area contributed by atoms with Crippen molar-refractivity contribution in [1.29, 1.82) is 0 Å². The van der Waals surface area contributed by atoms with Gasteiger partial charge < -0.3 is 14.4 Å². The number of hydrogen-bond donors (Lipinski definition) is 1. The number of amides is 2. The molecule has 0 unspecified atom stereocenters. The van der Waals surface area contributed by atoms with Crippen molar-refractivity contribution in [3.05, 3.63) is 35.2 Å². The van der Waals surface area contributed by atoms with E-state index >= 15 is 0 Å². The molecule has 24 heavy (non-hydrogen) atoms. The summed E-state index contributed by atoms with van der Waals surface area (Å²) < 4.78 is 36.7. The van der Waals surface area contributed by atoms with E-state index in [1.165, 1.54) is 11.0 Å². The van der Waals surface area contributed by atoms with E-state index in [1.54, 1.807) is 24.3 Å².